The Kier molecular flexibility index (Phi) is 8.68. The number of halogens is 3. The SMILES string of the molecule is C=CC(C(COCc1ccccc1)OCc1ccccc1)C(F)(F)CI. The first kappa shape index (κ1) is 21.0. The first-order chi connectivity index (χ1) is 12.6. The average molecular weight is 472 g/mol. The van der Waals surface area contributed by atoms with Crippen molar-refractivity contribution in [2.45, 2.75) is 25.2 Å². The molecule has 26 heavy (non-hydrogen) atoms. The smallest absolute Gasteiger partial charge is 0.265 e. The van der Waals surface area contributed by atoms with Crippen molar-refractivity contribution in [1.29, 1.82) is 0 Å². The molecular formula is C21H23F2IO2. The highest BCUT2D eigenvalue weighted by atomic mass is 127. The second kappa shape index (κ2) is 10.7. The van der Waals surface area contributed by atoms with E-state index in [1.807, 2.05) is 60.7 Å². The fraction of sp³-hybridized carbons (Fsp3) is 0.333. The summed E-state index contributed by atoms with van der Waals surface area (Å²) in [5.41, 5.74) is 1.92. The van der Waals surface area contributed by atoms with Crippen molar-refractivity contribution in [3.8, 4) is 0 Å². The molecule has 2 unspecified atom stereocenters. The van der Waals surface area contributed by atoms with E-state index < -0.39 is 17.9 Å². The lowest BCUT2D eigenvalue weighted by Crippen LogP contribution is -2.41. The zero-order chi connectivity index (χ0) is 18.8. The second-order valence-corrected chi connectivity index (χ2v) is 6.75. The van der Waals surface area contributed by atoms with Gasteiger partial charge in [-0.1, -0.05) is 89.3 Å². The molecule has 0 aliphatic carbocycles. The molecule has 2 aromatic rings. The van der Waals surface area contributed by atoms with Crippen LogP contribution in [0.2, 0.25) is 0 Å². The molecule has 5 heteroatoms. The zero-order valence-electron chi connectivity index (χ0n) is 14.5. The molecule has 140 valence electrons. The van der Waals surface area contributed by atoms with Crippen LogP contribution in [0, 0.1) is 5.92 Å². The van der Waals surface area contributed by atoms with Crippen molar-refractivity contribution in [2.24, 2.45) is 5.92 Å². The Bertz CT molecular complexity index is 650. The molecule has 2 nitrogen and oxygen atoms in total. The van der Waals surface area contributed by atoms with Crippen LogP contribution in [-0.4, -0.2) is 23.1 Å². The maximum Gasteiger partial charge on any atom is 0.265 e. The van der Waals surface area contributed by atoms with Crippen molar-refractivity contribution in [1.82, 2.24) is 0 Å². The van der Waals surface area contributed by atoms with E-state index in [0.29, 0.717) is 6.61 Å². The average Bonchev–Trinajstić information content (AvgIpc) is 2.67. The number of hydrogen-bond donors (Lipinski definition) is 0. The molecule has 0 amide bonds. The molecule has 2 aromatic carbocycles. The number of benzene rings is 2. The number of rotatable bonds is 11. The third-order valence-corrected chi connectivity index (χ3v) is 5.04. The van der Waals surface area contributed by atoms with Crippen LogP contribution in [0.5, 0.6) is 0 Å². The molecule has 0 heterocycles. The van der Waals surface area contributed by atoms with Crippen LogP contribution in [0.4, 0.5) is 8.78 Å². The van der Waals surface area contributed by atoms with Crippen molar-refractivity contribution >= 4 is 22.6 Å². The molecule has 0 saturated carbocycles. The van der Waals surface area contributed by atoms with E-state index in [1.54, 1.807) is 22.6 Å². The Morgan fingerprint density at radius 2 is 1.50 bits per heavy atom. The van der Waals surface area contributed by atoms with E-state index in [2.05, 4.69) is 6.58 Å². The summed E-state index contributed by atoms with van der Waals surface area (Å²) in [6.45, 7) is 4.28. The van der Waals surface area contributed by atoms with E-state index in [9.17, 15) is 8.78 Å². The monoisotopic (exact) mass is 472 g/mol. The van der Waals surface area contributed by atoms with Crippen LogP contribution in [-0.2, 0) is 22.7 Å². The minimum absolute atomic E-state index is 0.0741. The predicted molar refractivity (Wildman–Crippen MR) is 109 cm³/mol. The molecule has 0 N–H and O–H groups in total. The normalized spacial score (nSPS) is 14.0. The highest BCUT2D eigenvalue weighted by molar-refractivity contribution is 14.1. The summed E-state index contributed by atoms with van der Waals surface area (Å²) in [6.07, 6.45) is 0.501. The predicted octanol–water partition coefficient (Wildman–Crippen LogP) is 5.66. The van der Waals surface area contributed by atoms with Crippen LogP contribution in [0.1, 0.15) is 11.1 Å². The Balaban J connectivity index is 2.02. The van der Waals surface area contributed by atoms with Crippen molar-refractivity contribution in [2.75, 3.05) is 11.0 Å². The second-order valence-electron chi connectivity index (χ2n) is 5.99. The molecule has 0 aromatic heterocycles. The summed E-state index contributed by atoms with van der Waals surface area (Å²) in [5.74, 6) is -4.02. The van der Waals surface area contributed by atoms with Crippen molar-refractivity contribution < 1.29 is 18.3 Å². The molecule has 0 fully saturated rings. The lowest BCUT2D eigenvalue weighted by Gasteiger charge is -2.30. The van der Waals surface area contributed by atoms with Gasteiger partial charge in [-0.05, 0) is 11.1 Å². The van der Waals surface area contributed by atoms with E-state index in [-0.39, 0.29) is 17.6 Å². The van der Waals surface area contributed by atoms with Gasteiger partial charge in [-0.2, -0.15) is 0 Å². The van der Waals surface area contributed by atoms with Gasteiger partial charge in [-0.25, -0.2) is 8.78 Å². The third-order valence-electron chi connectivity index (χ3n) is 4.02. The van der Waals surface area contributed by atoms with Gasteiger partial charge in [-0.3, -0.25) is 0 Å². The number of ether oxygens (including phenoxy) is 2. The largest absolute Gasteiger partial charge is 0.374 e. The van der Waals surface area contributed by atoms with E-state index in [0.717, 1.165) is 11.1 Å². The van der Waals surface area contributed by atoms with Crippen LogP contribution in [0.25, 0.3) is 0 Å². The molecule has 0 spiro atoms. The molecule has 0 bridgehead atoms. The van der Waals surface area contributed by atoms with Gasteiger partial charge in [0.2, 0.25) is 0 Å². The molecule has 2 atom stereocenters. The van der Waals surface area contributed by atoms with E-state index in [4.69, 9.17) is 9.47 Å². The first-order valence-corrected chi connectivity index (χ1v) is 9.93. The summed E-state index contributed by atoms with van der Waals surface area (Å²) >= 11 is 1.69. The lowest BCUT2D eigenvalue weighted by molar-refractivity contribution is -0.117. The molecular weight excluding hydrogens is 449 g/mol. The van der Waals surface area contributed by atoms with Gasteiger partial charge in [0.1, 0.15) is 0 Å². The van der Waals surface area contributed by atoms with Gasteiger partial charge in [0.25, 0.3) is 5.92 Å². The van der Waals surface area contributed by atoms with Crippen LogP contribution in [0.15, 0.2) is 73.3 Å². The van der Waals surface area contributed by atoms with Crippen molar-refractivity contribution in [3.05, 3.63) is 84.4 Å². The maximum atomic E-state index is 14.3. The van der Waals surface area contributed by atoms with Gasteiger partial charge in [0.05, 0.1) is 36.3 Å². The van der Waals surface area contributed by atoms with Gasteiger partial charge >= 0.3 is 0 Å². The summed E-state index contributed by atoms with van der Waals surface area (Å²) in [5, 5.41) is 0. The molecule has 0 aliphatic heterocycles. The van der Waals surface area contributed by atoms with Gasteiger partial charge in [0.15, 0.2) is 0 Å². The van der Waals surface area contributed by atoms with Crippen LogP contribution in [0.3, 0.4) is 0 Å². The summed E-state index contributed by atoms with van der Waals surface area (Å²) in [7, 11) is 0. The number of hydrogen-bond acceptors (Lipinski definition) is 2. The number of alkyl halides is 3. The highest BCUT2D eigenvalue weighted by Crippen LogP contribution is 2.32. The topological polar surface area (TPSA) is 18.5 Å². The summed E-state index contributed by atoms with van der Waals surface area (Å²) in [6, 6.07) is 19.1. The lowest BCUT2D eigenvalue weighted by atomic mass is 9.96. The Morgan fingerprint density at radius 3 is 2.00 bits per heavy atom. The Hall–Kier alpha value is -1.31. The summed E-state index contributed by atoms with van der Waals surface area (Å²) in [4.78, 5) is 0. The molecule has 0 radical (unpaired) electrons. The van der Waals surface area contributed by atoms with E-state index in [1.165, 1.54) is 6.08 Å². The third kappa shape index (κ3) is 6.45. The molecule has 0 saturated heterocycles. The molecule has 2 rings (SSSR count). The quantitative estimate of drug-likeness (QED) is 0.239. The first-order valence-electron chi connectivity index (χ1n) is 8.40. The van der Waals surface area contributed by atoms with Gasteiger partial charge in [-0.15, -0.1) is 6.58 Å². The maximum absolute atomic E-state index is 14.3. The van der Waals surface area contributed by atoms with Crippen LogP contribution < -0.4 is 0 Å². The van der Waals surface area contributed by atoms with Gasteiger partial charge in [0, 0.05) is 0 Å². The van der Waals surface area contributed by atoms with Crippen LogP contribution >= 0.6 is 22.6 Å². The molecule has 0 aliphatic rings. The standard InChI is InChI=1S/C21H23F2IO2/c1-2-19(21(22,23)16-24)20(26-14-18-11-7-4-8-12-18)15-25-13-17-9-5-3-6-10-17/h2-12,19-20H,1,13-16H2. The Morgan fingerprint density at radius 1 is 0.962 bits per heavy atom. The fourth-order valence-corrected chi connectivity index (χ4v) is 3.09. The zero-order valence-corrected chi connectivity index (χ0v) is 16.6. The van der Waals surface area contributed by atoms with E-state index >= 15 is 0 Å². The highest BCUT2D eigenvalue weighted by Gasteiger charge is 2.42. The minimum atomic E-state index is -2.90. The Labute approximate surface area is 167 Å². The summed E-state index contributed by atoms with van der Waals surface area (Å²) < 4.78 is 39.9. The van der Waals surface area contributed by atoms with Crippen molar-refractivity contribution in [3.63, 3.8) is 0 Å². The fourth-order valence-electron chi connectivity index (χ4n) is 2.59. The van der Waals surface area contributed by atoms with Gasteiger partial charge < -0.3 is 9.47 Å². The minimum Gasteiger partial charge on any atom is -0.374 e.